The van der Waals surface area contributed by atoms with Gasteiger partial charge < -0.3 is 14.3 Å². The van der Waals surface area contributed by atoms with E-state index in [0.29, 0.717) is 23.6 Å². The first-order chi connectivity index (χ1) is 16.6. The van der Waals surface area contributed by atoms with Crippen molar-refractivity contribution in [2.75, 3.05) is 4.90 Å². The number of hydrogen-bond acceptors (Lipinski definition) is 5. The molecule has 4 aromatic rings. The number of furan rings is 1. The smallest absolute Gasteiger partial charge is 0.294 e. The van der Waals surface area contributed by atoms with Gasteiger partial charge in [-0.2, -0.15) is 0 Å². The summed E-state index contributed by atoms with van der Waals surface area (Å²) >= 11 is 0. The van der Waals surface area contributed by atoms with Gasteiger partial charge in [-0.25, -0.2) is 0 Å². The average molecular weight is 451 g/mol. The van der Waals surface area contributed by atoms with Gasteiger partial charge in [-0.05, 0) is 47.5 Å². The average Bonchev–Trinajstić information content (AvgIpc) is 3.51. The highest BCUT2D eigenvalue weighted by Gasteiger charge is 2.45. The highest BCUT2D eigenvalue weighted by Crippen LogP contribution is 2.42. The largest absolute Gasteiger partial charge is 0.503 e. The van der Waals surface area contributed by atoms with Crippen molar-refractivity contribution in [2.24, 2.45) is 0 Å². The molecule has 0 radical (unpaired) electrons. The van der Waals surface area contributed by atoms with Crippen LogP contribution in [-0.4, -0.2) is 16.8 Å². The van der Waals surface area contributed by atoms with Crippen molar-refractivity contribution >= 4 is 17.4 Å². The minimum Gasteiger partial charge on any atom is -0.503 e. The molecule has 0 saturated heterocycles. The number of aliphatic hydroxyl groups excluding tert-OH is 1. The van der Waals surface area contributed by atoms with Crippen LogP contribution in [-0.2, 0) is 11.4 Å². The number of aliphatic hydroxyl groups is 1. The maximum absolute atomic E-state index is 13.2. The highest BCUT2D eigenvalue weighted by atomic mass is 16.5. The summed E-state index contributed by atoms with van der Waals surface area (Å²) in [6.07, 6.45) is 1.38. The van der Waals surface area contributed by atoms with E-state index in [1.807, 2.05) is 36.4 Å². The lowest BCUT2D eigenvalue weighted by Gasteiger charge is -2.27. The van der Waals surface area contributed by atoms with E-state index in [0.717, 1.165) is 5.56 Å². The Bertz CT molecular complexity index is 1330. The number of Topliss-reactive ketones (excluding diaryl/α,β-unsaturated/α-hetero) is 1. The fraction of sp³-hybridized carbons (Fsp3) is 0.0714. The molecule has 34 heavy (non-hydrogen) atoms. The summed E-state index contributed by atoms with van der Waals surface area (Å²) in [4.78, 5) is 27.8. The third-order valence-corrected chi connectivity index (χ3v) is 5.68. The van der Waals surface area contributed by atoms with E-state index in [-0.39, 0.29) is 11.3 Å². The highest BCUT2D eigenvalue weighted by molar-refractivity contribution is 6.20. The van der Waals surface area contributed by atoms with Gasteiger partial charge in [0.05, 0.1) is 17.9 Å². The predicted molar refractivity (Wildman–Crippen MR) is 127 cm³/mol. The fourth-order valence-electron chi connectivity index (χ4n) is 4.04. The Balaban J connectivity index is 1.49. The minimum atomic E-state index is -0.823. The van der Waals surface area contributed by atoms with E-state index in [1.54, 1.807) is 54.6 Å². The summed E-state index contributed by atoms with van der Waals surface area (Å²) in [5, 5.41) is 10.8. The maximum Gasteiger partial charge on any atom is 0.294 e. The zero-order valence-electron chi connectivity index (χ0n) is 18.1. The molecule has 1 amide bonds. The second-order valence-electron chi connectivity index (χ2n) is 7.83. The molecule has 0 aliphatic carbocycles. The molecule has 0 saturated carbocycles. The first kappa shape index (κ1) is 21.3. The Morgan fingerprint density at radius 1 is 0.882 bits per heavy atom. The zero-order chi connectivity index (χ0) is 23.5. The molecule has 1 aliphatic rings. The van der Waals surface area contributed by atoms with Gasteiger partial charge >= 0.3 is 0 Å². The van der Waals surface area contributed by atoms with Gasteiger partial charge in [-0.1, -0.05) is 60.7 Å². The Hall–Kier alpha value is -4.58. The molecule has 1 N–H and O–H groups in total. The normalized spacial score (nSPS) is 15.6. The second kappa shape index (κ2) is 9.11. The van der Waals surface area contributed by atoms with Crippen LogP contribution in [0.15, 0.2) is 119 Å². The van der Waals surface area contributed by atoms with Crippen LogP contribution in [0.2, 0.25) is 0 Å². The monoisotopic (exact) mass is 451 g/mol. The standard InChI is InChI=1S/C28H21NO5/c30-26(23-12-7-17-33-23)24-25(29(28(32)27(24)31)21-10-5-2-6-11-21)20-13-15-22(16-14-20)34-18-19-8-3-1-4-9-19/h1-17,25,31H,18H2. The van der Waals surface area contributed by atoms with Crippen molar-refractivity contribution < 1.29 is 23.8 Å². The van der Waals surface area contributed by atoms with Crippen molar-refractivity contribution in [1.82, 2.24) is 0 Å². The number of anilines is 1. The lowest BCUT2D eigenvalue weighted by atomic mass is 9.94. The lowest BCUT2D eigenvalue weighted by molar-refractivity contribution is -0.117. The number of para-hydroxylation sites is 1. The maximum atomic E-state index is 13.2. The van der Waals surface area contributed by atoms with Crippen LogP contribution in [0.25, 0.3) is 0 Å². The second-order valence-corrected chi connectivity index (χ2v) is 7.83. The third-order valence-electron chi connectivity index (χ3n) is 5.68. The lowest BCUT2D eigenvalue weighted by Crippen LogP contribution is -2.31. The molecule has 1 aliphatic heterocycles. The number of nitrogens with zero attached hydrogens (tertiary/aromatic N) is 1. The van der Waals surface area contributed by atoms with Crippen LogP contribution in [0, 0.1) is 0 Å². The molecule has 0 fully saturated rings. The molecule has 1 atom stereocenters. The molecule has 1 aromatic heterocycles. The number of rotatable bonds is 7. The number of amides is 1. The molecule has 3 aromatic carbocycles. The number of hydrogen-bond donors (Lipinski definition) is 1. The first-order valence-electron chi connectivity index (χ1n) is 10.8. The number of ketones is 1. The molecule has 0 bridgehead atoms. The van der Waals surface area contributed by atoms with Gasteiger partial charge in [0, 0.05) is 5.69 Å². The number of carbonyl (C=O) groups is 2. The zero-order valence-corrected chi connectivity index (χ0v) is 18.1. The van der Waals surface area contributed by atoms with Crippen LogP contribution >= 0.6 is 0 Å². The number of carbonyl (C=O) groups excluding carboxylic acids is 2. The number of benzene rings is 3. The Morgan fingerprint density at radius 3 is 2.21 bits per heavy atom. The summed E-state index contributed by atoms with van der Waals surface area (Å²) in [7, 11) is 0. The molecule has 6 nitrogen and oxygen atoms in total. The van der Waals surface area contributed by atoms with Crippen molar-refractivity contribution in [1.29, 1.82) is 0 Å². The van der Waals surface area contributed by atoms with Gasteiger partial charge in [0.15, 0.2) is 11.5 Å². The molecule has 5 rings (SSSR count). The van der Waals surface area contributed by atoms with Crippen LogP contribution in [0.3, 0.4) is 0 Å². The molecule has 2 heterocycles. The van der Waals surface area contributed by atoms with Crippen molar-refractivity contribution in [2.45, 2.75) is 12.6 Å². The quantitative estimate of drug-likeness (QED) is 0.368. The summed E-state index contributed by atoms with van der Waals surface area (Å²) in [6, 6.07) is 28.2. The molecule has 168 valence electrons. The summed E-state index contributed by atoms with van der Waals surface area (Å²) in [5.74, 6) is -1.06. The molecule has 1 unspecified atom stereocenters. The van der Waals surface area contributed by atoms with Crippen molar-refractivity contribution in [3.63, 3.8) is 0 Å². The van der Waals surface area contributed by atoms with Gasteiger partial charge in [-0.15, -0.1) is 0 Å². The van der Waals surface area contributed by atoms with E-state index in [2.05, 4.69) is 0 Å². The van der Waals surface area contributed by atoms with Crippen LogP contribution in [0.5, 0.6) is 5.75 Å². The molecule has 0 spiro atoms. The van der Waals surface area contributed by atoms with Gasteiger partial charge in [-0.3, -0.25) is 14.5 Å². The predicted octanol–water partition coefficient (Wildman–Crippen LogP) is 5.64. The fourth-order valence-corrected chi connectivity index (χ4v) is 4.04. The van der Waals surface area contributed by atoms with E-state index < -0.39 is 23.5 Å². The van der Waals surface area contributed by atoms with E-state index in [9.17, 15) is 14.7 Å². The Kier molecular flexibility index (Phi) is 5.70. The third kappa shape index (κ3) is 3.97. The van der Waals surface area contributed by atoms with E-state index >= 15 is 0 Å². The molecule has 6 heteroatoms. The van der Waals surface area contributed by atoms with Crippen LogP contribution in [0.1, 0.15) is 27.7 Å². The SMILES string of the molecule is O=C(C1=C(O)C(=O)N(c2ccccc2)C1c1ccc(OCc2ccccc2)cc1)c1ccco1. The van der Waals surface area contributed by atoms with E-state index in [1.165, 1.54) is 17.2 Å². The van der Waals surface area contributed by atoms with Gasteiger partial charge in [0.2, 0.25) is 5.78 Å². The number of ether oxygens (including phenoxy) is 1. The van der Waals surface area contributed by atoms with Crippen LogP contribution < -0.4 is 9.64 Å². The van der Waals surface area contributed by atoms with Crippen molar-refractivity contribution in [3.05, 3.63) is 132 Å². The summed E-state index contributed by atoms with van der Waals surface area (Å²) < 4.78 is 11.1. The first-order valence-corrected chi connectivity index (χ1v) is 10.8. The summed E-state index contributed by atoms with van der Waals surface area (Å²) in [5.41, 5.74) is 2.24. The topological polar surface area (TPSA) is 80.0 Å². The molecular formula is C28H21NO5. The van der Waals surface area contributed by atoms with Gasteiger partial charge in [0.1, 0.15) is 12.4 Å². The molecular weight excluding hydrogens is 430 g/mol. The van der Waals surface area contributed by atoms with Crippen molar-refractivity contribution in [3.8, 4) is 5.75 Å². The van der Waals surface area contributed by atoms with Gasteiger partial charge in [0.25, 0.3) is 5.91 Å². The summed E-state index contributed by atoms with van der Waals surface area (Å²) in [6.45, 7) is 0.418. The Labute approximate surface area is 196 Å². The van der Waals surface area contributed by atoms with E-state index in [4.69, 9.17) is 9.15 Å². The Morgan fingerprint density at radius 2 is 1.56 bits per heavy atom. The minimum absolute atomic E-state index is 0.0262. The van der Waals surface area contributed by atoms with Crippen LogP contribution in [0.4, 0.5) is 5.69 Å².